The van der Waals surface area contributed by atoms with Crippen LogP contribution in [0.4, 0.5) is 0 Å². The van der Waals surface area contributed by atoms with E-state index in [9.17, 15) is 0 Å². The van der Waals surface area contributed by atoms with Crippen LogP contribution in [0, 0.1) is 11.8 Å². The van der Waals surface area contributed by atoms with Gasteiger partial charge in [-0.3, -0.25) is 4.90 Å². The van der Waals surface area contributed by atoms with Crippen LogP contribution in [0.25, 0.3) is 0 Å². The maximum absolute atomic E-state index is 3.47. The van der Waals surface area contributed by atoms with Crippen molar-refractivity contribution in [3.05, 3.63) is 35.9 Å². The molecule has 1 N–H and O–H groups in total. The Balaban J connectivity index is 1.38. The van der Waals surface area contributed by atoms with Crippen molar-refractivity contribution in [2.45, 2.75) is 12.0 Å². The summed E-state index contributed by atoms with van der Waals surface area (Å²) < 4.78 is 0. The highest BCUT2D eigenvalue weighted by atomic mass is 15.3. The lowest BCUT2D eigenvalue weighted by Gasteiger charge is -2.41. The lowest BCUT2D eigenvalue weighted by molar-refractivity contribution is 0.122. The summed E-state index contributed by atoms with van der Waals surface area (Å²) in [6.07, 6.45) is 0. The number of hydrogen-bond acceptors (Lipinski definition) is 2. The van der Waals surface area contributed by atoms with E-state index in [0.717, 1.165) is 23.8 Å². The van der Waals surface area contributed by atoms with Gasteiger partial charge in [0.1, 0.15) is 0 Å². The van der Waals surface area contributed by atoms with Gasteiger partial charge < -0.3 is 5.32 Å². The van der Waals surface area contributed by atoms with Gasteiger partial charge >= 0.3 is 0 Å². The molecule has 0 radical (unpaired) electrons. The van der Waals surface area contributed by atoms with Gasteiger partial charge in [-0.2, -0.15) is 0 Å². The first-order valence-corrected chi connectivity index (χ1v) is 6.43. The highest BCUT2D eigenvalue weighted by Gasteiger charge is 2.57. The Morgan fingerprint density at radius 2 is 1.69 bits per heavy atom. The molecule has 2 heteroatoms. The van der Waals surface area contributed by atoms with Crippen molar-refractivity contribution in [3.8, 4) is 0 Å². The van der Waals surface area contributed by atoms with Crippen molar-refractivity contribution < 1.29 is 0 Å². The summed E-state index contributed by atoms with van der Waals surface area (Å²) in [4.78, 5) is 2.70. The molecule has 2 atom stereocenters. The summed E-state index contributed by atoms with van der Waals surface area (Å²) in [5.41, 5.74) is 1.53. The van der Waals surface area contributed by atoms with Crippen molar-refractivity contribution in [1.82, 2.24) is 10.2 Å². The molecule has 3 aliphatic rings. The fraction of sp³-hybridized carbons (Fsp3) is 0.571. The third kappa shape index (κ3) is 1.26. The second-order valence-corrected chi connectivity index (χ2v) is 5.54. The molecule has 84 valence electrons. The number of likely N-dealkylation sites (tertiary alicyclic amines) is 1. The molecule has 2 saturated heterocycles. The van der Waals surface area contributed by atoms with Gasteiger partial charge in [0, 0.05) is 25.0 Å². The van der Waals surface area contributed by atoms with E-state index < -0.39 is 0 Å². The predicted molar refractivity (Wildman–Crippen MR) is 64.4 cm³/mol. The summed E-state index contributed by atoms with van der Waals surface area (Å²) in [7, 11) is 0. The average molecular weight is 214 g/mol. The number of nitrogens with zero attached hydrogens (tertiary/aromatic N) is 1. The van der Waals surface area contributed by atoms with E-state index in [1.807, 2.05) is 0 Å². The van der Waals surface area contributed by atoms with Crippen molar-refractivity contribution in [3.63, 3.8) is 0 Å². The SMILES string of the molecule is c1ccc(C2CN(C3C4CNCC43)C2)cc1. The minimum atomic E-state index is 0.801. The molecule has 2 nitrogen and oxygen atoms in total. The Morgan fingerprint density at radius 3 is 2.38 bits per heavy atom. The molecule has 16 heavy (non-hydrogen) atoms. The number of benzene rings is 1. The molecule has 1 aliphatic carbocycles. The monoisotopic (exact) mass is 214 g/mol. The molecule has 2 aliphatic heterocycles. The Labute approximate surface area is 96.6 Å². The third-order valence-corrected chi connectivity index (χ3v) is 4.65. The zero-order valence-electron chi connectivity index (χ0n) is 9.47. The van der Waals surface area contributed by atoms with Gasteiger partial charge in [0.15, 0.2) is 0 Å². The van der Waals surface area contributed by atoms with Crippen LogP contribution >= 0.6 is 0 Å². The lowest BCUT2D eigenvalue weighted by atomic mass is 9.91. The van der Waals surface area contributed by atoms with Crippen LogP contribution in [0.1, 0.15) is 11.5 Å². The normalized spacial score (nSPS) is 38.1. The second-order valence-electron chi connectivity index (χ2n) is 5.54. The van der Waals surface area contributed by atoms with Crippen LogP contribution in [0.5, 0.6) is 0 Å². The molecule has 4 rings (SSSR count). The lowest BCUT2D eigenvalue weighted by Crippen LogP contribution is -2.48. The molecule has 1 aromatic carbocycles. The molecular weight excluding hydrogens is 196 g/mol. The molecule has 2 unspecified atom stereocenters. The Kier molecular flexibility index (Phi) is 1.91. The van der Waals surface area contributed by atoms with E-state index in [1.54, 1.807) is 0 Å². The fourth-order valence-corrected chi connectivity index (χ4v) is 3.62. The quantitative estimate of drug-likeness (QED) is 0.798. The molecular formula is C14H18N2. The highest BCUT2D eigenvalue weighted by Crippen LogP contribution is 2.49. The van der Waals surface area contributed by atoms with Gasteiger partial charge in [0.25, 0.3) is 0 Å². The maximum atomic E-state index is 3.47. The topological polar surface area (TPSA) is 15.3 Å². The standard InChI is InChI=1S/C14H18N2/c1-2-4-10(5-3-1)11-8-16(9-11)14-12-6-15-7-13(12)14/h1-5,11-15H,6-9H2. The van der Waals surface area contributed by atoms with Gasteiger partial charge in [-0.15, -0.1) is 0 Å². The first kappa shape index (κ1) is 9.20. The van der Waals surface area contributed by atoms with Crippen LogP contribution in [0.15, 0.2) is 30.3 Å². The molecule has 3 fully saturated rings. The molecule has 2 heterocycles. The minimum Gasteiger partial charge on any atom is -0.316 e. The Bertz CT molecular complexity index is 373. The predicted octanol–water partition coefficient (Wildman–Crippen LogP) is 1.30. The van der Waals surface area contributed by atoms with Gasteiger partial charge in [0.2, 0.25) is 0 Å². The Morgan fingerprint density at radius 1 is 1.00 bits per heavy atom. The summed E-state index contributed by atoms with van der Waals surface area (Å²) in [6, 6.07) is 11.9. The second kappa shape index (κ2) is 3.31. The van der Waals surface area contributed by atoms with Crippen molar-refractivity contribution in [2.24, 2.45) is 11.8 Å². The molecule has 0 spiro atoms. The van der Waals surface area contributed by atoms with Crippen molar-refractivity contribution >= 4 is 0 Å². The highest BCUT2D eigenvalue weighted by molar-refractivity contribution is 5.24. The first-order valence-electron chi connectivity index (χ1n) is 6.43. The summed E-state index contributed by atoms with van der Waals surface area (Å²) >= 11 is 0. The zero-order valence-corrected chi connectivity index (χ0v) is 9.47. The number of rotatable bonds is 2. The van der Waals surface area contributed by atoms with Crippen LogP contribution in [0.3, 0.4) is 0 Å². The van der Waals surface area contributed by atoms with E-state index in [0.29, 0.717) is 0 Å². The van der Waals surface area contributed by atoms with Gasteiger partial charge in [0.05, 0.1) is 0 Å². The average Bonchev–Trinajstić information content (AvgIpc) is 2.73. The molecule has 0 aromatic heterocycles. The summed E-state index contributed by atoms with van der Waals surface area (Å²) in [5, 5.41) is 3.47. The zero-order chi connectivity index (χ0) is 10.5. The van der Waals surface area contributed by atoms with Gasteiger partial charge in [-0.05, 0) is 30.5 Å². The number of nitrogens with one attached hydrogen (secondary N) is 1. The Hall–Kier alpha value is -0.860. The maximum Gasteiger partial charge on any atom is 0.0184 e. The van der Waals surface area contributed by atoms with Crippen LogP contribution in [0.2, 0.25) is 0 Å². The van der Waals surface area contributed by atoms with E-state index in [-0.39, 0.29) is 0 Å². The van der Waals surface area contributed by atoms with Crippen molar-refractivity contribution in [2.75, 3.05) is 26.2 Å². The molecule has 1 aromatic rings. The van der Waals surface area contributed by atoms with Crippen molar-refractivity contribution in [1.29, 1.82) is 0 Å². The summed E-state index contributed by atoms with van der Waals surface area (Å²) in [6.45, 7) is 5.12. The molecule has 1 saturated carbocycles. The van der Waals surface area contributed by atoms with E-state index in [1.165, 1.54) is 31.7 Å². The van der Waals surface area contributed by atoms with Crippen LogP contribution in [-0.4, -0.2) is 37.1 Å². The number of fused-ring (bicyclic) bond motifs is 1. The molecule has 0 amide bonds. The minimum absolute atomic E-state index is 0.801. The largest absolute Gasteiger partial charge is 0.316 e. The third-order valence-electron chi connectivity index (χ3n) is 4.65. The number of piperidine rings is 1. The van der Waals surface area contributed by atoms with E-state index >= 15 is 0 Å². The van der Waals surface area contributed by atoms with Crippen LogP contribution < -0.4 is 5.32 Å². The molecule has 0 bridgehead atoms. The van der Waals surface area contributed by atoms with Gasteiger partial charge in [-0.25, -0.2) is 0 Å². The first-order chi connectivity index (χ1) is 7.93. The van der Waals surface area contributed by atoms with E-state index in [4.69, 9.17) is 0 Å². The van der Waals surface area contributed by atoms with Gasteiger partial charge in [-0.1, -0.05) is 30.3 Å². The fourth-order valence-electron chi connectivity index (χ4n) is 3.62. The van der Waals surface area contributed by atoms with Crippen LogP contribution in [-0.2, 0) is 0 Å². The number of hydrogen-bond donors (Lipinski definition) is 1. The summed E-state index contributed by atoms with van der Waals surface area (Å²) in [5.74, 6) is 2.77. The smallest absolute Gasteiger partial charge is 0.0184 e. The van der Waals surface area contributed by atoms with E-state index in [2.05, 4.69) is 40.5 Å².